The van der Waals surface area contributed by atoms with Crippen LogP contribution in [-0.2, 0) is 9.09 Å². The van der Waals surface area contributed by atoms with E-state index in [2.05, 4.69) is 6.07 Å². The van der Waals surface area contributed by atoms with Crippen LogP contribution in [-0.4, -0.2) is 23.7 Å². The predicted octanol–water partition coefficient (Wildman–Crippen LogP) is 5.64. The maximum Gasteiger partial charge on any atom is 0.405 e. The van der Waals surface area contributed by atoms with E-state index in [-0.39, 0.29) is 12.0 Å². The molecule has 0 saturated heterocycles. The molecular weight excluding hydrogens is 380 g/mol. The van der Waals surface area contributed by atoms with Gasteiger partial charge in [-0.1, -0.05) is 53.5 Å². The van der Waals surface area contributed by atoms with Crippen LogP contribution in [0.1, 0.15) is 41.5 Å². The van der Waals surface area contributed by atoms with E-state index < -0.39 is 7.75 Å². The van der Waals surface area contributed by atoms with Gasteiger partial charge in [-0.3, -0.25) is 0 Å². The molecule has 0 spiro atoms. The van der Waals surface area contributed by atoms with Crippen molar-refractivity contribution in [2.75, 3.05) is 14.2 Å². The fourth-order valence-corrected chi connectivity index (χ4v) is 4.69. The summed E-state index contributed by atoms with van der Waals surface area (Å²) in [6.07, 6.45) is 1.58. The molecule has 0 aliphatic heterocycles. The minimum absolute atomic E-state index is 0.175. The number of nitrogens with zero attached hydrogens (tertiary/aromatic N) is 1. The molecule has 2 aromatic rings. The Morgan fingerprint density at radius 3 is 2.44 bits per heavy atom. The molecule has 3 unspecified atom stereocenters. The molecule has 2 aromatic carbocycles. The summed E-state index contributed by atoms with van der Waals surface area (Å²) in [6, 6.07) is 13.5. The smallest absolute Gasteiger partial charge is 0.312 e. The molecule has 7 heteroatoms. The largest absolute Gasteiger partial charge is 0.405 e. The standard InChI is InChI=1S/C18H20Cl2NO3P/c1-21(25(22,23)24-2)18-10-8-13(14-5-3-4-6-15(14)18)12-7-9-16(19)17(20)11-12/h3-7,9,11,13,18H,8,10H2,1-2H3,(H,22,23). The number of fused-ring (bicyclic) bond motifs is 1. The lowest BCUT2D eigenvalue weighted by atomic mass is 9.77. The van der Waals surface area contributed by atoms with Crippen LogP contribution >= 0.6 is 30.9 Å². The number of rotatable bonds is 4. The Hall–Kier alpha value is -0.870. The van der Waals surface area contributed by atoms with Crippen LogP contribution < -0.4 is 0 Å². The minimum Gasteiger partial charge on any atom is -0.312 e. The maximum atomic E-state index is 12.3. The van der Waals surface area contributed by atoms with Crippen LogP contribution in [0, 0.1) is 0 Å². The third kappa shape index (κ3) is 3.66. The second-order valence-electron chi connectivity index (χ2n) is 6.20. The Morgan fingerprint density at radius 2 is 1.80 bits per heavy atom. The lowest BCUT2D eigenvalue weighted by molar-refractivity contribution is 0.212. The first kappa shape index (κ1) is 18.9. The Bertz CT molecular complexity index is 830. The van der Waals surface area contributed by atoms with Crippen LogP contribution in [0.25, 0.3) is 0 Å². The highest BCUT2D eigenvalue weighted by molar-refractivity contribution is 7.50. The van der Waals surface area contributed by atoms with Crippen molar-refractivity contribution in [1.29, 1.82) is 0 Å². The van der Waals surface area contributed by atoms with Gasteiger partial charge in [-0.25, -0.2) is 9.24 Å². The second kappa shape index (κ2) is 7.40. The molecule has 0 bridgehead atoms. The third-order valence-electron chi connectivity index (χ3n) is 4.89. The van der Waals surface area contributed by atoms with E-state index in [4.69, 9.17) is 27.7 Å². The van der Waals surface area contributed by atoms with E-state index in [1.165, 1.54) is 11.8 Å². The fourth-order valence-electron chi connectivity index (χ4n) is 3.54. The number of halogens is 2. The van der Waals surface area contributed by atoms with Gasteiger partial charge in [-0.2, -0.15) is 0 Å². The summed E-state index contributed by atoms with van der Waals surface area (Å²) in [6.45, 7) is 0. The van der Waals surface area contributed by atoms with Crippen molar-refractivity contribution >= 4 is 30.9 Å². The van der Waals surface area contributed by atoms with Crippen molar-refractivity contribution in [3.63, 3.8) is 0 Å². The molecule has 1 aliphatic rings. The van der Waals surface area contributed by atoms with Gasteiger partial charge in [0.05, 0.1) is 10.0 Å². The molecule has 0 heterocycles. The zero-order valence-electron chi connectivity index (χ0n) is 14.0. The highest BCUT2D eigenvalue weighted by Crippen LogP contribution is 2.53. The van der Waals surface area contributed by atoms with Crippen LogP contribution in [0.15, 0.2) is 42.5 Å². The highest BCUT2D eigenvalue weighted by atomic mass is 35.5. The van der Waals surface area contributed by atoms with Gasteiger partial charge in [0.25, 0.3) is 0 Å². The van der Waals surface area contributed by atoms with E-state index in [1.807, 2.05) is 36.4 Å². The Labute approximate surface area is 157 Å². The van der Waals surface area contributed by atoms with Gasteiger partial charge in [0.2, 0.25) is 0 Å². The van der Waals surface area contributed by atoms with E-state index in [9.17, 15) is 9.46 Å². The summed E-state index contributed by atoms with van der Waals surface area (Å²) in [5.41, 5.74) is 3.28. The molecule has 0 radical (unpaired) electrons. The summed E-state index contributed by atoms with van der Waals surface area (Å²) in [5, 5.41) is 1.07. The van der Waals surface area contributed by atoms with Gasteiger partial charge in [0.15, 0.2) is 0 Å². The molecule has 25 heavy (non-hydrogen) atoms. The lowest BCUT2D eigenvalue weighted by Gasteiger charge is -2.37. The highest BCUT2D eigenvalue weighted by Gasteiger charge is 2.37. The van der Waals surface area contributed by atoms with Gasteiger partial charge in [-0.05, 0) is 48.7 Å². The van der Waals surface area contributed by atoms with Gasteiger partial charge < -0.3 is 9.42 Å². The number of hydrogen-bond donors (Lipinski definition) is 1. The first-order valence-electron chi connectivity index (χ1n) is 8.00. The van der Waals surface area contributed by atoms with Crippen molar-refractivity contribution in [3.8, 4) is 0 Å². The van der Waals surface area contributed by atoms with Crippen molar-refractivity contribution < 1.29 is 14.0 Å². The molecule has 4 nitrogen and oxygen atoms in total. The summed E-state index contributed by atoms with van der Waals surface area (Å²) >= 11 is 12.2. The van der Waals surface area contributed by atoms with E-state index in [1.54, 1.807) is 7.05 Å². The van der Waals surface area contributed by atoms with Crippen molar-refractivity contribution in [1.82, 2.24) is 4.67 Å². The van der Waals surface area contributed by atoms with Crippen LogP contribution in [0.3, 0.4) is 0 Å². The minimum atomic E-state index is -3.80. The third-order valence-corrected chi connectivity index (χ3v) is 7.18. The molecule has 0 amide bonds. The molecule has 3 atom stereocenters. The molecule has 0 aromatic heterocycles. The Morgan fingerprint density at radius 1 is 1.12 bits per heavy atom. The first-order chi connectivity index (χ1) is 11.8. The molecule has 134 valence electrons. The number of hydrogen-bond acceptors (Lipinski definition) is 2. The van der Waals surface area contributed by atoms with E-state index >= 15 is 0 Å². The first-order valence-corrected chi connectivity index (χ1v) is 10.3. The zero-order valence-corrected chi connectivity index (χ0v) is 16.4. The van der Waals surface area contributed by atoms with Gasteiger partial charge >= 0.3 is 7.75 Å². The van der Waals surface area contributed by atoms with Gasteiger partial charge in [-0.15, -0.1) is 0 Å². The lowest BCUT2D eigenvalue weighted by Crippen LogP contribution is -2.27. The predicted molar refractivity (Wildman–Crippen MR) is 101 cm³/mol. The van der Waals surface area contributed by atoms with E-state index in [0.717, 1.165) is 29.5 Å². The van der Waals surface area contributed by atoms with Crippen LogP contribution in [0.5, 0.6) is 0 Å². The van der Waals surface area contributed by atoms with Crippen molar-refractivity contribution in [2.45, 2.75) is 24.8 Å². The maximum absolute atomic E-state index is 12.3. The van der Waals surface area contributed by atoms with Crippen LogP contribution in [0.4, 0.5) is 0 Å². The molecule has 1 N–H and O–H groups in total. The van der Waals surface area contributed by atoms with Gasteiger partial charge in [0.1, 0.15) is 0 Å². The summed E-state index contributed by atoms with van der Waals surface area (Å²) in [5.74, 6) is 0.177. The van der Waals surface area contributed by atoms with Crippen molar-refractivity contribution in [2.24, 2.45) is 0 Å². The average molecular weight is 400 g/mol. The Kier molecular flexibility index (Phi) is 5.60. The number of benzene rings is 2. The molecule has 3 rings (SSSR count). The van der Waals surface area contributed by atoms with Gasteiger partial charge in [0, 0.05) is 19.1 Å². The average Bonchev–Trinajstić information content (AvgIpc) is 2.62. The molecule has 1 aliphatic carbocycles. The van der Waals surface area contributed by atoms with E-state index in [0.29, 0.717) is 10.0 Å². The fraction of sp³-hybridized carbons (Fsp3) is 0.333. The monoisotopic (exact) mass is 399 g/mol. The zero-order chi connectivity index (χ0) is 18.2. The second-order valence-corrected chi connectivity index (χ2v) is 8.99. The molecule has 0 saturated carbocycles. The summed E-state index contributed by atoms with van der Waals surface area (Å²) in [7, 11) is -0.915. The quantitative estimate of drug-likeness (QED) is 0.675. The summed E-state index contributed by atoms with van der Waals surface area (Å²) in [4.78, 5) is 10.0. The van der Waals surface area contributed by atoms with Crippen molar-refractivity contribution in [3.05, 3.63) is 69.2 Å². The Balaban J connectivity index is 2.02. The SMILES string of the molecule is COP(=O)(O)N(C)C1CCC(c2ccc(Cl)c(Cl)c2)c2ccccc21. The topological polar surface area (TPSA) is 49.8 Å². The molecule has 0 fully saturated rings. The normalized spacial score (nSPS) is 22.5. The summed E-state index contributed by atoms with van der Waals surface area (Å²) < 4.78 is 18.5. The van der Waals surface area contributed by atoms with Crippen LogP contribution in [0.2, 0.25) is 10.0 Å². The molecular formula is C18H20Cl2NO3P.